The first kappa shape index (κ1) is 15.4. The monoisotopic (exact) mass is 284 g/mol. The van der Waals surface area contributed by atoms with Gasteiger partial charge in [0.05, 0.1) is 11.7 Å². The van der Waals surface area contributed by atoms with Crippen LogP contribution in [-0.2, 0) is 0 Å². The molecule has 112 valence electrons. The minimum atomic E-state index is -0.0158. The van der Waals surface area contributed by atoms with Crippen LogP contribution in [0.3, 0.4) is 0 Å². The van der Waals surface area contributed by atoms with Crippen molar-refractivity contribution in [3.05, 3.63) is 52.5 Å². The van der Waals surface area contributed by atoms with E-state index in [0.717, 1.165) is 29.8 Å². The van der Waals surface area contributed by atoms with Crippen molar-refractivity contribution in [1.29, 1.82) is 0 Å². The number of aryl methyl sites for hydroxylation is 3. The molecule has 1 unspecified atom stereocenters. The number of rotatable bonds is 5. The molecule has 0 aromatic carbocycles. The van der Waals surface area contributed by atoms with E-state index >= 15 is 0 Å². The normalized spacial score (nSPS) is 12.4. The van der Waals surface area contributed by atoms with Crippen LogP contribution in [0.15, 0.2) is 24.5 Å². The average Bonchev–Trinajstić information content (AvgIpc) is 2.44. The van der Waals surface area contributed by atoms with Gasteiger partial charge >= 0.3 is 0 Å². The average molecular weight is 284 g/mol. The Hall–Kier alpha value is -1.94. The Labute approximate surface area is 126 Å². The number of nitrogen functional groups attached to an aromatic ring is 1. The van der Waals surface area contributed by atoms with Gasteiger partial charge < -0.3 is 11.1 Å². The van der Waals surface area contributed by atoms with Gasteiger partial charge in [-0.15, -0.1) is 0 Å². The van der Waals surface area contributed by atoms with E-state index in [4.69, 9.17) is 5.73 Å². The maximum atomic E-state index is 6.10. The Morgan fingerprint density at radius 1 is 1.10 bits per heavy atom. The molecule has 2 heterocycles. The van der Waals surface area contributed by atoms with Gasteiger partial charge in [-0.25, -0.2) is 4.98 Å². The predicted octanol–water partition coefficient (Wildman–Crippen LogP) is 3.07. The van der Waals surface area contributed by atoms with Crippen molar-refractivity contribution in [1.82, 2.24) is 15.3 Å². The highest BCUT2D eigenvalue weighted by molar-refractivity contribution is 5.47. The van der Waals surface area contributed by atoms with Gasteiger partial charge in [-0.1, -0.05) is 13.0 Å². The summed E-state index contributed by atoms with van der Waals surface area (Å²) < 4.78 is 0. The maximum absolute atomic E-state index is 6.10. The Morgan fingerprint density at radius 3 is 2.43 bits per heavy atom. The number of pyridine rings is 2. The smallest absolute Gasteiger partial charge is 0.128 e. The zero-order valence-electron chi connectivity index (χ0n) is 13.3. The summed E-state index contributed by atoms with van der Waals surface area (Å²) in [5, 5.41) is 3.55. The van der Waals surface area contributed by atoms with Crippen molar-refractivity contribution < 1.29 is 0 Å². The predicted molar refractivity (Wildman–Crippen MR) is 87.2 cm³/mol. The highest BCUT2D eigenvalue weighted by atomic mass is 15.0. The van der Waals surface area contributed by atoms with Crippen molar-refractivity contribution in [2.45, 2.75) is 40.2 Å². The molecule has 0 aliphatic rings. The number of nitrogens with two attached hydrogens (primary N) is 1. The molecule has 0 spiro atoms. The zero-order valence-corrected chi connectivity index (χ0v) is 13.3. The lowest BCUT2D eigenvalue weighted by Crippen LogP contribution is -2.26. The largest absolute Gasteiger partial charge is 0.383 e. The number of aromatic nitrogens is 2. The van der Waals surface area contributed by atoms with E-state index in [9.17, 15) is 0 Å². The molecule has 0 bridgehead atoms. The fourth-order valence-electron chi connectivity index (χ4n) is 2.50. The van der Waals surface area contributed by atoms with Gasteiger partial charge in [0.25, 0.3) is 0 Å². The van der Waals surface area contributed by atoms with Gasteiger partial charge in [-0.2, -0.15) is 0 Å². The third-order valence-corrected chi connectivity index (χ3v) is 3.52. The summed E-state index contributed by atoms with van der Waals surface area (Å²) in [4.78, 5) is 8.92. The fraction of sp³-hybridized carbons (Fsp3) is 0.412. The molecular weight excluding hydrogens is 260 g/mol. The van der Waals surface area contributed by atoms with Crippen LogP contribution in [-0.4, -0.2) is 16.5 Å². The first-order valence-corrected chi connectivity index (χ1v) is 7.41. The Morgan fingerprint density at radius 2 is 1.76 bits per heavy atom. The number of hydrogen-bond acceptors (Lipinski definition) is 4. The van der Waals surface area contributed by atoms with Crippen LogP contribution in [0.5, 0.6) is 0 Å². The Kier molecular flexibility index (Phi) is 4.91. The van der Waals surface area contributed by atoms with Gasteiger partial charge in [-0.05, 0) is 56.5 Å². The molecule has 4 nitrogen and oxygen atoms in total. The van der Waals surface area contributed by atoms with E-state index in [2.05, 4.69) is 48.2 Å². The van der Waals surface area contributed by atoms with E-state index in [0.29, 0.717) is 5.82 Å². The molecule has 1 atom stereocenters. The van der Waals surface area contributed by atoms with Gasteiger partial charge in [-0.3, -0.25) is 4.98 Å². The summed E-state index contributed by atoms with van der Waals surface area (Å²) in [6, 6.07) is 4.23. The van der Waals surface area contributed by atoms with Gasteiger partial charge in [0.15, 0.2) is 0 Å². The second kappa shape index (κ2) is 6.68. The third kappa shape index (κ3) is 3.58. The lowest BCUT2D eigenvalue weighted by atomic mass is 9.98. The number of nitrogens with one attached hydrogen (secondary N) is 1. The van der Waals surface area contributed by atoms with E-state index < -0.39 is 0 Å². The highest BCUT2D eigenvalue weighted by Gasteiger charge is 2.20. The summed E-state index contributed by atoms with van der Waals surface area (Å²) in [6.45, 7) is 9.24. The molecule has 0 aliphatic carbocycles. The van der Waals surface area contributed by atoms with E-state index in [-0.39, 0.29) is 6.04 Å². The maximum Gasteiger partial charge on any atom is 0.128 e. The van der Waals surface area contributed by atoms with Crippen LogP contribution < -0.4 is 11.1 Å². The molecule has 0 fully saturated rings. The van der Waals surface area contributed by atoms with Crippen LogP contribution in [0.4, 0.5) is 5.82 Å². The SMILES string of the molecule is CCCNC(c1cc(C)cnc1N)c1ncc(C)cc1C. The standard InChI is InChI=1S/C17H24N4/c1-5-6-19-16(14-8-12(3)10-21-17(14)18)15-13(4)7-11(2)9-20-15/h7-10,16,19H,5-6H2,1-4H3,(H2,18,21). The summed E-state index contributed by atoms with van der Waals surface area (Å²) in [5.41, 5.74) is 11.6. The van der Waals surface area contributed by atoms with Crippen molar-refractivity contribution in [3.8, 4) is 0 Å². The van der Waals surface area contributed by atoms with Crippen LogP contribution in [0.25, 0.3) is 0 Å². The fourth-order valence-corrected chi connectivity index (χ4v) is 2.50. The molecule has 0 amide bonds. The molecule has 0 saturated carbocycles. The Bertz CT molecular complexity index is 622. The van der Waals surface area contributed by atoms with E-state index in [1.165, 1.54) is 11.1 Å². The van der Waals surface area contributed by atoms with Crippen LogP contribution >= 0.6 is 0 Å². The zero-order chi connectivity index (χ0) is 15.4. The molecule has 0 radical (unpaired) electrons. The molecule has 21 heavy (non-hydrogen) atoms. The van der Waals surface area contributed by atoms with Crippen molar-refractivity contribution in [2.24, 2.45) is 0 Å². The van der Waals surface area contributed by atoms with Gasteiger partial charge in [0.2, 0.25) is 0 Å². The summed E-state index contributed by atoms with van der Waals surface area (Å²) in [7, 11) is 0. The number of hydrogen-bond donors (Lipinski definition) is 2. The van der Waals surface area contributed by atoms with E-state index in [1.54, 1.807) is 6.20 Å². The van der Waals surface area contributed by atoms with Crippen molar-refractivity contribution in [2.75, 3.05) is 12.3 Å². The quantitative estimate of drug-likeness (QED) is 0.885. The second-order valence-electron chi connectivity index (χ2n) is 5.59. The topological polar surface area (TPSA) is 63.8 Å². The lowest BCUT2D eigenvalue weighted by Gasteiger charge is -2.22. The number of nitrogens with zero attached hydrogens (tertiary/aromatic N) is 2. The summed E-state index contributed by atoms with van der Waals surface area (Å²) in [6.07, 6.45) is 4.76. The minimum absolute atomic E-state index is 0.0158. The minimum Gasteiger partial charge on any atom is -0.383 e. The molecule has 2 rings (SSSR count). The van der Waals surface area contributed by atoms with Gasteiger partial charge in [0, 0.05) is 18.0 Å². The molecule has 4 heteroatoms. The lowest BCUT2D eigenvalue weighted by molar-refractivity contribution is 0.583. The van der Waals surface area contributed by atoms with E-state index in [1.807, 2.05) is 13.1 Å². The first-order chi connectivity index (χ1) is 10.0. The molecule has 0 saturated heterocycles. The highest BCUT2D eigenvalue weighted by Crippen LogP contribution is 2.27. The summed E-state index contributed by atoms with van der Waals surface area (Å²) >= 11 is 0. The van der Waals surface area contributed by atoms with Gasteiger partial charge in [0.1, 0.15) is 5.82 Å². The summed E-state index contributed by atoms with van der Waals surface area (Å²) in [5.74, 6) is 0.566. The van der Waals surface area contributed by atoms with Crippen LogP contribution in [0.1, 0.15) is 47.3 Å². The Balaban J connectivity index is 2.49. The van der Waals surface area contributed by atoms with Crippen molar-refractivity contribution in [3.63, 3.8) is 0 Å². The molecular formula is C17H24N4. The second-order valence-corrected chi connectivity index (χ2v) is 5.59. The number of anilines is 1. The molecule has 3 N–H and O–H groups in total. The van der Waals surface area contributed by atoms with Crippen molar-refractivity contribution >= 4 is 5.82 Å². The van der Waals surface area contributed by atoms with Crippen LogP contribution in [0, 0.1) is 20.8 Å². The molecule has 0 aliphatic heterocycles. The van der Waals surface area contributed by atoms with Crippen LogP contribution in [0.2, 0.25) is 0 Å². The first-order valence-electron chi connectivity index (χ1n) is 7.41. The molecule has 2 aromatic heterocycles. The molecule has 2 aromatic rings. The third-order valence-electron chi connectivity index (χ3n) is 3.52.